The molecule has 11 heteroatoms. The molecule has 0 unspecified atom stereocenters. The van der Waals surface area contributed by atoms with Crippen molar-refractivity contribution in [3.63, 3.8) is 0 Å². The second-order valence-corrected chi connectivity index (χ2v) is 9.47. The van der Waals surface area contributed by atoms with E-state index < -0.39 is 15.8 Å². The van der Waals surface area contributed by atoms with Crippen molar-refractivity contribution >= 4 is 27.7 Å². The molecule has 2 aromatic rings. The predicted octanol–water partition coefficient (Wildman–Crippen LogP) is 1.62. The summed E-state index contributed by atoms with van der Waals surface area (Å²) in [6, 6.07) is 5.51. The number of aromatic nitrogens is 3. The molecular weight excluding hydrogens is 405 g/mol. The molecular formula is C17H22FN5O3S2. The van der Waals surface area contributed by atoms with E-state index in [0.717, 1.165) is 6.07 Å². The molecule has 0 radical (unpaired) electrons. The molecule has 0 N–H and O–H groups in total. The van der Waals surface area contributed by atoms with E-state index in [2.05, 4.69) is 10.2 Å². The summed E-state index contributed by atoms with van der Waals surface area (Å²) >= 11 is 1.31. The number of carbonyl (C=O) groups is 1. The normalized spacial score (nSPS) is 15.9. The van der Waals surface area contributed by atoms with Gasteiger partial charge in [-0.1, -0.05) is 23.9 Å². The lowest BCUT2D eigenvalue weighted by Crippen LogP contribution is -2.51. The van der Waals surface area contributed by atoms with Gasteiger partial charge in [0.2, 0.25) is 15.9 Å². The van der Waals surface area contributed by atoms with E-state index in [9.17, 15) is 17.6 Å². The van der Waals surface area contributed by atoms with Crippen molar-refractivity contribution in [3.8, 4) is 0 Å². The fourth-order valence-electron chi connectivity index (χ4n) is 2.88. The van der Waals surface area contributed by atoms with Gasteiger partial charge in [0.05, 0.1) is 5.75 Å². The monoisotopic (exact) mass is 427 g/mol. The van der Waals surface area contributed by atoms with Crippen LogP contribution in [0.15, 0.2) is 40.6 Å². The molecule has 0 bridgehead atoms. The number of hydrogen-bond acceptors (Lipinski definition) is 6. The molecule has 1 aliphatic heterocycles. The van der Waals surface area contributed by atoms with Gasteiger partial charge in [-0.2, -0.15) is 4.31 Å². The number of piperazine rings is 1. The van der Waals surface area contributed by atoms with Crippen LogP contribution >= 0.6 is 11.8 Å². The van der Waals surface area contributed by atoms with E-state index in [1.807, 2.05) is 18.4 Å². The van der Waals surface area contributed by atoms with Gasteiger partial charge in [0, 0.05) is 32.2 Å². The van der Waals surface area contributed by atoms with E-state index in [1.165, 1.54) is 34.3 Å². The summed E-state index contributed by atoms with van der Waals surface area (Å²) in [5.41, 5.74) is 0. The molecule has 0 spiro atoms. The molecule has 2 heterocycles. The Morgan fingerprint density at radius 3 is 2.54 bits per heavy atom. The summed E-state index contributed by atoms with van der Waals surface area (Å²) in [4.78, 5) is 13.8. The zero-order valence-corrected chi connectivity index (χ0v) is 17.3. The largest absolute Gasteiger partial charge is 0.339 e. The number of nitrogens with zero attached hydrogens (tertiary/aromatic N) is 5. The maximum atomic E-state index is 13.9. The molecule has 1 aliphatic rings. The first-order chi connectivity index (χ1) is 13.3. The number of sulfonamides is 1. The average molecular weight is 428 g/mol. The zero-order chi connectivity index (χ0) is 20.3. The molecule has 1 aromatic heterocycles. The molecule has 152 valence electrons. The first-order valence-corrected chi connectivity index (χ1v) is 11.3. The van der Waals surface area contributed by atoms with Crippen LogP contribution in [0.3, 0.4) is 0 Å². The number of rotatable bonds is 6. The molecule has 1 amide bonds. The third kappa shape index (κ3) is 4.36. The summed E-state index contributed by atoms with van der Waals surface area (Å²) in [7, 11) is -3.91. The van der Waals surface area contributed by atoms with Gasteiger partial charge in [-0.15, -0.1) is 10.2 Å². The van der Waals surface area contributed by atoms with E-state index >= 15 is 0 Å². The van der Waals surface area contributed by atoms with Crippen LogP contribution in [0.2, 0.25) is 0 Å². The molecule has 0 aliphatic carbocycles. The summed E-state index contributed by atoms with van der Waals surface area (Å²) in [5, 5.41) is 8.56. The summed E-state index contributed by atoms with van der Waals surface area (Å²) in [5.74, 6) is -0.663. The lowest BCUT2D eigenvalue weighted by Gasteiger charge is -2.34. The average Bonchev–Trinajstić information content (AvgIpc) is 3.15. The van der Waals surface area contributed by atoms with Gasteiger partial charge in [-0.3, -0.25) is 4.79 Å². The standard InChI is InChI=1S/C17H22FN5O3S2/c1-13(2)23-12-19-20-17(23)27-11-16(24)21-7-9-22(10-8-21)28(25,26)15-6-4-3-5-14(15)18/h3-6,12-13H,7-11H2,1-2H3. The zero-order valence-electron chi connectivity index (χ0n) is 15.7. The van der Waals surface area contributed by atoms with E-state index in [-0.39, 0.29) is 48.8 Å². The van der Waals surface area contributed by atoms with E-state index in [1.54, 1.807) is 11.2 Å². The summed E-state index contributed by atoms with van der Waals surface area (Å²) < 4.78 is 42.2. The van der Waals surface area contributed by atoms with Crippen LogP contribution in [0.1, 0.15) is 19.9 Å². The van der Waals surface area contributed by atoms with Crippen molar-refractivity contribution in [2.75, 3.05) is 31.9 Å². The highest BCUT2D eigenvalue weighted by molar-refractivity contribution is 7.99. The van der Waals surface area contributed by atoms with Gasteiger partial charge in [-0.25, -0.2) is 12.8 Å². The van der Waals surface area contributed by atoms with Crippen molar-refractivity contribution in [2.45, 2.75) is 29.9 Å². The SMILES string of the molecule is CC(C)n1cnnc1SCC(=O)N1CCN(S(=O)(=O)c2ccccc2F)CC1. The van der Waals surface area contributed by atoms with Crippen LogP contribution < -0.4 is 0 Å². The van der Waals surface area contributed by atoms with Crippen LogP contribution in [-0.4, -0.2) is 70.2 Å². The Labute approximate surface area is 167 Å². The fourth-order valence-corrected chi connectivity index (χ4v) is 5.31. The highest BCUT2D eigenvalue weighted by Gasteiger charge is 2.31. The molecule has 28 heavy (non-hydrogen) atoms. The van der Waals surface area contributed by atoms with Crippen LogP contribution in [0, 0.1) is 5.82 Å². The highest BCUT2D eigenvalue weighted by atomic mass is 32.2. The molecule has 1 saturated heterocycles. The minimum atomic E-state index is -3.91. The number of benzene rings is 1. The van der Waals surface area contributed by atoms with Gasteiger partial charge in [-0.05, 0) is 26.0 Å². The van der Waals surface area contributed by atoms with Crippen LogP contribution in [-0.2, 0) is 14.8 Å². The van der Waals surface area contributed by atoms with Gasteiger partial charge in [0.15, 0.2) is 5.16 Å². The van der Waals surface area contributed by atoms with Crippen LogP contribution in [0.4, 0.5) is 4.39 Å². The first kappa shape index (κ1) is 20.7. The second kappa shape index (κ2) is 8.58. The Hall–Kier alpha value is -1.98. The first-order valence-electron chi connectivity index (χ1n) is 8.85. The number of hydrogen-bond donors (Lipinski definition) is 0. The van der Waals surface area contributed by atoms with Gasteiger partial charge in [0.25, 0.3) is 0 Å². The van der Waals surface area contributed by atoms with Gasteiger partial charge < -0.3 is 9.47 Å². The highest BCUT2D eigenvalue weighted by Crippen LogP contribution is 2.22. The number of thioether (sulfide) groups is 1. The van der Waals surface area contributed by atoms with Crippen molar-refractivity contribution < 1.29 is 17.6 Å². The molecule has 8 nitrogen and oxygen atoms in total. The Morgan fingerprint density at radius 1 is 1.21 bits per heavy atom. The maximum Gasteiger partial charge on any atom is 0.246 e. The molecule has 1 fully saturated rings. The van der Waals surface area contributed by atoms with Crippen LogP contribution in [0.5, 0.6) is 0 Å². The van der Waals surface area contributed by atoms with Gasteiger partial charge in [0.1, 0.15) is 17.0 Å². The number of halogens is 1. The molecule has 1 aromatic carbocycles. The van der Waals surface area contributed by atoms with Crippen molar-refractivity contribution in [1.29, 1.82) is 0 Å². The van der Waals surface area contributed by atoms with E-state index in [0.29, 0.717) is 5.16 Å². The summed E-state index contributed by atoms with van der Waals surface area (Å²) in [6.07, 6.45) is 1.63. The van der Waals surface area contributed by atoms with Gasteiger partial charge >= 0.3 is 0 Å². The summed E-state index contributed by atoms with van der Waals surface area (Å²) in [6.45, 7) is 4.81. The van der Waals surface area contributed by atoms with Crippen molar-refractivity contribution in [1.82, 2.24) is 24.0 Å². The smallest absolute Gasteiger partial charge is 0.246 e. The maximum absolute atomic E-state index is 13.9. The molecule has 0 saturated carbocycles. The number of amides is 1. The lowest BCUT2D eigenvalue weighted by atomic mass is 10.3. The Balaban J connectivity index is 1.57. The third-order valence-electron chi connectivity index (χ3n) is 4.47. The quantitative estimate of drug-likeness (QED) is 0.651. The predicted molar refractivity (Wildman–Crippen MR) is 103 cm³/mol. The minimum Gasteiger partial charge on any atom is -0.339 e. The Kier molecular flexibility index (Phi) is 6.36. The molecule has 3 rings (SSSR count). The van der Waals surface area contributed by atoms with Crippen molar-refractivity contribution in [3.05, 3.63) is 36.4 Å². The third-order valence-corrected chi connectivity index (χ3v) is 7.34. The Morgan fingerprint density at radius 2 is 1.89 bits per heavy atom. The van der Waals surface area contributed by atoms with Crippen molar-refractivity contribution in [2.24, 2.45) is 0 Å². The van der Waals surface area contributed by atoms with E-state index in [4.69, 9.17) is 0 Å². The Bertz CT molecular complexity index is 940. The minimum absolute atomic E-state index is 0.0914. The molecule has 0 atom stereocenters. The topological polar surface area (TPSA) is 88.4 Å². The number of carbonyl (C=O) groups excluding carboxylic acids is 1. The van der Waals surface area contributed by atoms with Crippen LogP contribution in [0.25, 0.3) is 0 Å². The fraction of sp³-hybridized carbons (Fsp3) is 0.471. The lowest BCUT2D eigenvalue weighted by molar-refractivity contribution is -0.129. The second-order valence-electron chi connectivity index (χ2n) is 6.62.